The number of halogens is 3. The van der Waals surface area contributed by atoms with E-state index in [4.69, 9.17) is 15.7 Å². The van der Waals surface area contributed by atoms with Crippen molar-refractivity contribution >= 4 is 40.5 Å². The SMILES string of the molecule is CC(CC(=O)N1CCN(c2nc3c(N4CCOCC4)nc(-c4cnc(N)nc4)nc3n2CC(F)(F)F)CC1)=NO. The van der Waals surface area contributed by atoms with Crippen molar-refractivity contribution in [2.24, 2.45) is 5.16 Å². The molecule has 214 valence electrons. The number of rotatable bonds is 6. The van der Waals surface area contributed by atoms with Crippen molar-refractivity contribution in [3.63, 3.8) is 0 Å². The van der Waals surface area contributed by atoms with Crippen molar-refractivity contribution < 1.29 is 27.9 Å². The zero-order valence-corrected chi connectivity index (χ0v) is 21.7. The fraction of sp³-hybridized carbons (Fsp3) is 0.522. The molecule has 0 bridgehead atoms. The highest BCUT2D eigenvalue weighted by molar-refractivity contribution is 5.99. The first-order valence-corrected chi connectivity index (χ1v) is 12.6. The summed E-state index contributed by atoms with van der Waals surface area (Å²) in [6, 6.07) is 0. The predicted molar refractivity (Wildman–Crippen MR) is 138 cm³/mol. The Bertz CT molecular complexity index is 1400. The molecular formula is C23H28F3N11O3. The number of nitrogens with two attached hydrogens (primary N) is 1. The summed E-state index contributed by atoms with van der Waals surface area (Å²) in [6.45, 7) is 3.06. The molecule has 17 heteroatoms. The minimum Gasteiger partial charge on any atom is -0.411 e. The van der Waals surface area contributed by atoms with Crippen LogP contribution < -0.4 is 15.5 Å². The summed E-state index contributed by atoms with van der Waals surface area (Å²) in [5.41, 5.74) is 6.52. The molecule has 0 atom stereocenters. The number of nitrogens with zero attached hydrogens (tertiary/aromatic N) is 10. The minimum atomic E-state index is -4.56. The van der Waals surface area contributed by atoms with E-state index < -0.39 is 12.7 Å². The summed E-state index contributed by atoms with van der Waals surface area (Å²) < 4.78 is 48.2. The van der Waals surface area contributed by atoms with Gasteiger partial charge in [-0.2, -0.15) is 13.2 Å². The van der Waals surface area contributed by atoms with Gasteiger partial charge in [-0.1, -0.05) is 5.16 Å². The number of alkyl halides is 3. The monoisotopic (exact) mass is 563 g/mol. The van der Waals surface area contributed by atoms with E-state index >= 15 is 0 Å². The number of carbonyl (C=O) groups is 1. The number of ether oxygens (including phenoxy) is 1. The molecule has 14 nitrogen and oxygen atoms in total. The topological polar surface area (TPSA) is 164 Å². The molecule has 3 N–H and O–H groups in total. The van der Waals surface area contributed by atoms with Crippen molar-refractivity contribution in [1.29, 1.82) is 0 Å². The van der Waals surface area contributed by atoms with Gasteiger partial charge in [-0.3, -0.25) is 9.36 Å². The number of imidazole rings is 1. The summed E-state index contributed by atoms with van der Waals surface area (Å²) in [6.07, 6.45) is -1.77. The summed E-state index contributed by atoms with van der Waals surface area (Å²) in [4.78, 5) is 39.5. The van der Waals surface area contributed by atoms with Crippen LogP contribution in [-0.4, -0.2) is 110 Å². The predicted octanol–water partition coefficient (Wildman–Crippen LogP) is 1.15. The van der Waals surface area contributed by atoms with Gasteiger partial charge in [-0.25, -0.2) is 24.9 Å². The van der Waals surface area contributed by atoms with Crippen molar-refractivity contribution in [2.75, 3.05) is 68.0 Å². The molecule has 3 aromatic heterocycles. The fourth-order valence-corrected chi connectivity index (χ4v) is 4.64. The van der Waals surface area contributed by atoms with Gasteiger partial charge in [0.1, 0.15) is 6.54 Å². The molecule has 0 aliphatic carbocycles. The first-order valence-electron chi connectivity index (χ1n) is 12.6. The number of aromatic nitrogens is 6. The quantitative estimate of drug-likeness (QED) is 0.251. The Kier molecular flexibility index (Phi) is 7.55. The van der Waals surface area contributed by atoms with Gasteiger partial charge in [-0.15, -0.1) is 0 Å². The Morgan fingerprint density at radius 2 is 1.73 bits per heavy atom. The molecule has 3 aromatic rings. The van der Waals surface area contributed by atoms with Gasteiger partial charge >= 0.3 is 6.18 Å². The Labute approximate surface area is 226 Å². The summed E-state index contributed by atoms with van der Waals surface area (Å²) >= 11 is 0. The molecule has 2 aliphatic rings. The number of fused-ring (bicyclic) bond motifs is 1. The summed E-state index contributed by atoms with van der Waals surface area (Å²) in [5, 5.41) is 11.9. The smallest absolute Gasteiger partial charge is 0.406 e. The van der Waals surface area contributed by atoms with Crippen molar-refractivity contribution in [1.82, 2.24) is 34.4 Å². The number of hydrogen-bond acceptors (Lipinski definition) is 12. The highest BCUT2D eigenvalue weighted by Crippen LogP contribution is 2.33. The van der Waals surface area contributed by atoms with Crippen LogP contribution in [0, 0.1) is 0 Å². The standard InChI is InChI=1S/C23H28F3N11O3/c1-14(33-39)10-16(38)34-2-4-36(5-3-34)22-30-17-19(35-6-8-40-9-7-35)31-18(15-11-28-21(27)29-12-15)32-20(17)37(22)13-23(24,25)26/h11-12,39H,2-10,13H2,1H3,(H2,27,28,29). The molecule has 40 heavy (non-hydrogen) atoms. The zero-order valence-electron chi connectivity index (χ0n) is 21.7. The molecule has 5 rings (SSSR count). The van der Waals surface area contributed by atoms with Crippen LogP contribution in [0.25, 0.3) is 22.6 Å². The maximum absolute atomic E-state index is 13.9. The Morgan fingerprint density at radius 3 is 2.35 bits per heavy atom. The number of piperazine rings is 1. The van der Waals surface area contributed by atoms with Crippen molar-refractivity contribution in [3.05, 3.63) is 12.4 Å². The van der Waals surface area contributed by atoms with Crippen LogP contribution in [0.4, 0.5) is 30.9 Å². The van der Waals surface area contributed by atoms with Crippen LogP contribution in [-0.2, 0) is 16.1 Å². The van der Waals surface area contributed by atoms with Crippen LogP contribution >= 0.6 is 0 Å². The lowest BCUT2D eigenvalue weighted by Crippen LogP contribution is -2.50. The fourth-order valence-electron chi connectivity index (χ4n) is 4.64. The van der Waals surface area contributed by atoms with E-state index in [-0.39, 0.29) is 73.1 Å². The van der Waals surface area contributed by atoms with Crippen molar-refractivity contribution in [2.45, 2.75) is 26.1 Å². The van der Waals surface area contributed by atoms with Gasteiger partial charge in [0.25, 0.3) is 0 Å². The lowest BCUT2D eigenvalue weighted by atomic mass is 10.2. The van der Waals surface area contributed by atoms with Gasteiger partial charge in [0, 0.05) is 51.7 Å². The third-order valence-electron chi connectivity index (χ3n) is 6.63. The number of anilines is 3. The molecule has 2 fully saturated rings. The molecular weight excluding hydrogens is 535 g/mol. The molecule has 2 saturated heterocycles. The van der Waals surface area contributed by atoms with Gasteiger partial charge in [0.2, 0.25) is 17.8 Å². The maximum atomic E-state index is 13.9. The number of amides is 1. The minimum absolute atomic E-state index is 0.0175. The van der Waals surface area contributed by atoms with Crippen LogP contribution in [0.5, 0.6) is 0 Å². The zero-order chi connectivity index (χ0) is 28.4. The number of nitrogen functional groups attached to an aromatic ring is 1. The van der Waals surface area contributed by atoms with Crippen molar-refractivity contribution in [3.8, 4) is 11.4 Å². The normalized spacial score (nSPS) is 17.1. The third kappa shape index (κ3) is 5.83. The van der Waals surface area contributed by atoms with Crippen LogP contribution in [0.1, 0.15) is 13.3 Å². The van der Waals surface area contributed by atoms with Crippen LogP contribution in [0.3, 0.4) is 0 Å². The Balaban J connectivity index is 1.57. The number of oxime groups is 1. The first kappa shape index (κ1) is 27.3. The average molecular weight is 564 g/mol. The average Bonchev–Trinajstić information content (AvgIpc) is 3.30. The van der Waals surface area contributed by atoms with E-state index in [0.29, 0.717) is 37.7 Å². The Morgan fingerprint density at radius 1 is 1.05 bits per heavy atom. The molecule has 2 aliphatic heterocycles. The molecule has 0 saturated carbocycles. The van der Waals surface area contributed by atoms with E-state index in [1.165, 1.54) is 19.3 Å². The maximum Gasteiger partial charge on any atom is 0.406 e. The molecule has 1 amide bonds. The van der Waals surface area contributed by atoms with Gasteiger partial charge in [-0.05, 0) is 6.92 Å². The second-order valence-electron chi connectivity index (χ2n) is 9.47. The summed E-state index contributed by atoms with van der Waals surface area (Å²) in [7, 11) is 0. The molecule has 0 unspecified atom stereocenters. The van der Waals surface area contributed by atoms with E-state index in [1.807, 2.05) is 4.90 Å². The molecule has 0 spiro atoms. The lowest BCUT2D eigenvalue weighted by molar-refractivity contribution is -0.139. The second-order valence-corrected chi connectivity index (χ2v) is 9.47. The van der Waals surface area contributed by atoms with E-state index in [1.54, 1.807) is 9.80 Å². The van der Waals surface area contributed by atoms with Gasteiger partial charge in [0.15, 0.2) is 22.8 Å². The highest BCUT2D eigenvalue weighted by Gasteiger charge is 2.35. The molecule has 5 heterocycles. The lowest BCUT2D eigenvalue weighted by Gasteiger charge is -2.35. The largest absolute Gasteiger partial charge is 0.411 e. The van der Waals surface area contributed by atoms with Gasteiger partial charge < -0.3 is 30.4 Å². The molecule has 0 radical (unpaired) electrons. The van der Waals surface area contributed by atoms with E-state index in [2.05, 4.69) is 30.1 Å². The van der Waals surface area contributed by atoms with Crippen LogP contribution in [0.15, 0.2) is 17.5 Å². The second kappa shape index (κ2) is 11.1. The summed E-state index contributed by atoms with van der Waals surface area (Å²) in [5.74, 6) is 0.422. The third-order valence-corrected chi connectivity index (χ3v) is 6.63. The number of morpholine rings is 1. The number of carbonyl (C=O) groups excluding carboxylic acids is 1. The van der Waals surface area contributed by atoms with Crippen LogP contribution in [0.2, 0.25) is 0 Å². The highest BCUT2D eigenvalue weighted by atomic mass is 19.4. The Hall–Kier alpha value is -4.28. The molecule has 0 aromatic carbocycles. The first-order chi connectivity index (χ1) is 19.1. The van der Waals surface area contributed by atoms with E-state index in [0.717, 1.165) is 4.57 Å². The van der Waals surface area contributed by atoms with Gasteiger partial charge in [0.05, 0.1) is 30.9 Å². The number of hydrogen-bond donors (Lipinski definition) is 2. The van der Waals surface area contributed by atoms with E-state index in [9.17, 15) is 18.0 Å².